The maximum Gasteiger partial charge on any atom is 0.333 e. The second kappa shape index (κ2) is 7.84. The maximum absolute atomic E-state index is 12.6. The average molecular weight is 395 g/mol. The summed E-state index contributed by atoms with van der Waals surface area (Å²) in [7, 11) is -1.14. The lowest BCUT2D eigenvalue weighted by Gasteiger charge is -2.18. The van der Waals surface area contributed by atoms with E-state index in [1.807, 2.05) is 0 Å². The highest BCUT2D eigenvalue weighted by molar-refractivity contribution is 7.89. The highest BCUT2D eigenvalue weighted by Gasteiger charge is 2.21. The van der Waals surface area contributed by atoms with Crippen LogP contribution in [0.25, 0.3) is 0 Å². The third kappa shape index (κ3) is 3.83. The molecule has 0 aliphatic carbocycles. The van der Waals surface area contributed by atoms with E-state index < -0.39 is 32.8 Å². The van der Waals surface area contributed by atoms with Crippen molar-refractivity contribution in [1.29, 1.82) is 0 Å². The standard InChI is InChI=1S/C16H21N5O5S/c1-5-21(6-2)27(25,26)12-9-7-8-11(10-12)17-18-13-14(22)19(3)16(24)20(4)15(13)23/h7-10,22H,5-6H2,1-4H3. The first kappa shape index (κ1) is 20.5. The van der Waals surface area contributed by atoms with Gasteiger partial charge in [0, 0.05) is 27.2 Å². The molecule has 2 rings (SSSR count). The van der Waals surface area contributed by atoms with Gasteiger partial charge in [-0.15, -0.1) is 5.11 Å². The van der Waals surface area contributed by atoms with Crippen LogP contribution in [0.4, 0.5) is 11.4 Å². The molecule has 0 amide bonds. The summed E-state index contributed by atoms with van der Waals surface area (Å²) in [6.07, 6.45) is 0. The molecule has 1 heterocycles. The Morgan fingerprint density at radius 3 is 2.30 bits per heavy atom. The molecule has 27 heavy (non-hydrogen) atoms. The number of benzene rings is 1. The molecule has 1 N–H and O–H groups in total. The van der Waals surface area contributed by atoms with Crippen molar-refractivity contribution >= 4 is 21.4 Å². The van der Waals surface area contributed by atoms with Gasteiger partial charge in [-0.1, -0.05) is 19.9 Å². The summed E-state index contributed by atoms with van der Waals surface area (Å²) in [5.74, 6) is -0.626. The zero-order chi connectivity index (χ0) is 20.4. The molecule has 146 valence electrons. The molecule has 0 saturated heterocycles. The summed E-state index contributed by atoms with van der Waals surface area (Å²) in [5.41, 5.74) is -1.76. The second-order valence-corrected chi connectivity index (χ2v) is 7.60. The van der Waals surface area contributed by atoms with Crippen molar-refractivity contribution in [1.82, 2.24) is 13.4 Å². The Labute approximate surface area is 156 Å². The predicted octanol–water partition coefficient (Wildman–Crippen LogP) is 1.24. The van der Waals surface area contributed by atoms with Crippen molar-refractivity contribution < 1.29 is 13.5 Å². The van der Waals surface area contributed by atoms with Crippen LogP contribution in [-0.4, -0.2) is 40.1 Å². The highest BCUT2D eigenvalue weighted by atomic mass is 32.2. The summed E-state index contributed by atoms with van der Waals surface area (Å²) in [6, 6.07) is 5.77. The Bertz CT molecular complexity index is 1100. The Morgan fingerprint density at radius 2 is 1.70 bits per heavy atom. The van der Waals surface area contributed by atoms with E-state index in [1.54, 1.807) is 13.8 Å². The normalized spacial score (nSPS) is 12.2. The van der Waals surface area contributed by atoms with Gasteiger partial charge in [0.2, 0.25) is 21.6 Å². The van der Waals surface area contributed by atoms with Gasteiger partial charge in [0.15, 0.2) is 0 Å². The molecule has 0 unspecified atom stereocenters. The van der Waals surface area contributed by atoms with Gasteiger partial charge in [0.25, 0.3) is 5.56 Å². The van der Waals surface area contributed by atoms with Crippen molar-refractivity contribution in [2.45, 2.75) is 18.7 Å². The Morgan fingerprint density at radius 1 is 1.07 bits per heavy atom. The van der Waals surface area contributed by atoms with Crippen molar-refractivity contribution in [2.24, 2.45) is 24.3 Å². The van der Waals surface area contributed by atoms with Crippen LogP contribution in [0.2, 0.25) is 0 Å². The number of sulfonamides is 1. The van der Waals surface area contributed by atoms with E-state index in [4.69, 9.17) is 0 Å². The van der Waals surface area contributed by atoms with Crippen LogP contribution in [0.1, 0.15) is 13.8 Å². The van der Waals surface area contributed by atoms with Gasteiger partial charge in [-0.25, -0.2) is 13.2 Å². The second-order valence-electron chi connectivity index (χ2n) is 5.66. The van der Waals surface area contributed by atoms with E-state index >= 15 is 0 Å². The van der Waals surface area contributed by atoms with Crippen molar-refractivity contribution in [2.75, 3.05) is 13.1 Å². The summed E-state index contributed by atoms with van der Waals surface area (Å²) >= 11 is 0. The Balaban J connectivity index is 2.50. The molecule has 0 atom stereocenters. The van der Waals surface area contributed by atoms with Crippen LogP contribution < -0.4 is 11.2 Å². The van der Waals surface area contributed by atoms with Crippen LogP contribution in [0.15, 0.2) is 49.0 Å². The fourth-order valence-corrected chi connectivity index (χ4v) is 3.93. The van der Waals surface area contributed by atoms with E-state index in [1.165, 1.54) is 42.7 Å². The summed E-state index contributed by atoms with van der Waals surface area (Å²) < 4.78 is 28.1. The summed E-state index contributed by atoms with van der Waals surface area (Å²) in [5, 5.41) is 17.5. The summed E-state index contributed by atoms with van der Waals surface area (Å²) in [6.45, 7) is 4.13. The monoisotopic (exact) mass is 395 g/mol. The third-order valence-corrected chi connectivity index (χ3v) is 6.08. The first-order valence-corrected chi connectivity index (χ1v) is 9.60. The quantitative estimate of drug-likeness (QED) is 0.736. The molecule has 0 bridgehead atoms. The molecule has 0 spiro atoms. The average Bonchev–Trinajstić information content (AvgIpc) is 2.66. The lowest BCUT2D eigenvalue weighted by atomic mass is 10.3. The fraction of sp³-hybridized carbons (Fsp3) is 0.375. The fourth-order valence-electron chi connectivity index (χ4n) is 2.43. The molecule has 0 fully saturated rings. The Kier molecular flexibility index (Phi) is 5.96. The van der Waals surface area contributed by atoms with Crippen LogP contribution in [0.5, 0.6) is 5.88 Å². The molecule has 0 saturated carbocycles. The van der Waals surface area contributed by atoms with E-state index in [2.05, 4.69) is 10.2 Å². The van der Waals surface area contributed by atoms with Gasteiger partial charge in [0.05, 0.1) is 10.6 Å². The molecule has 0 radical (unpaired) electrons. The first-order valence-electron chi connectivity index (χ1n) is 8.16. The van der Waals surface area contributed by atoms with Crippen molar-refractivity contribution in [3.63, 3.8) is 0 Å². The predicted molar refractivity (Wildman–Crippen MR) is 99.3 cm³/mol. The smallest absolute Gasteiger partial charge is 0.333 e. The number of nitrogens with zero attached hydrogens (tertiary/aromatic N) is 5. The number of hydrogen-bond donors (Lipinski definition) is 1. The lowest BCUT2D eigenvalue weighted by Crippen LogP contribution is -2.36. The highest BCUT2D eigenvalue weighted by Crippen LogP contribution is 2.25. The van der Waals surface area contributed by atoms with Crippen molar-refractivity contribution in [3.8, 4) is 5.88 Å². The van der Waals surface area contributed by atoms with E-state index in [-0.39, 0.29) is 10.6 Å². The van der Waals surface area contributed by atoms with E-state index in [9.17, 15) is 23.1 Å². The third-order valence-electron chi connectivity index (χ3n) is 4.04. The number of aromatic nitrogens is 2. The van der Waals surface area contributed by atoms with Crippen LogP contribution in [0, 0.1) is 0 Å². The van der Waals surface area contributed by atoms with Gasteiger partial charge in [0.1, 0.15) is 0 Å². The molecule has 10 nitrogen and oxygen atoms in total. The number of aromatic hydroxyl groups is 1. The topological polar surface area (TPSA) is 126 Å². The zero-order valence-corrected chi connectivity index (χ0v) is 16.3. The van der Waals surface area contributed by atoms with Gasteiger partial charge in [-0.2, -0.15) is 9.42 Å². The van der Waals surface area contributed by atoms with Crippen LogP contribution in [0.3, 0.4) is 0 Å². The molecule has 0 aliphatic rings. The van der Waals surface area contributed by atoms with Gasteiger partial charge in [-0.05, 0) is 18.2 Å². The number of hydrogen-bond acceptors (Lipinski definition) is 7. The molecule has 1 aromatic carbocycles. The molecular formula is C16H21N5O5S. The zero-order valence-electron chi connectivity index (χ0n) is 15.4. The first-order chi connectivity index (χ1) is 12.6. The van der Waals surface area contributed by atoms with Gasteiger partial charge >= 0.3 is 5.69 Å². The SMILES string of the molecule is CCN(CC)S(=O)(=O)c1cccc(N=Nc2c(O)n(C)c(=O)n(C)c2=O)c1. The minimum Gasteiger partial charge on any atom is -0.493 e. The van der Waals surface area contributed by atoms with Gasteiger partial charge < -0.3 is 5.11 Å². The molecular weight excluding hydrogens is 374 g/mol. The van der Waals surface area contributed by atoms with Crippen molar-refractivity contribution in [3.05, 3.63) is 45.1 Å². The maximum atomic E-state index is 12.6. The number of rotatable bonds is 6. The molecule has 11 heteroatoms. The van der Waals surface area contributed by atoms with Crippen LogP contribution in [-0.2, 0) is 24.1 Å². The molecule has 2 aromatic rings. The Hall–Kier alpha value is -2.79. The minimum atomic E-state index is -3.67. The summed E-state index contributed by atoms with van der Waals surface area (Å²) in [4.78, 5) is 23.9. The van der Waals surface area contributed by atoms with Gasteiger partial charge in [-0.3, -0.25) is 13.9 Å². The largest absolute Gasteiger partial charge is 0.493 e. The molecule has 1 aromatic heterocycles. The molecule has 0 aliphatic heterocycles. The number of azo groups is 1. The van der Waals surface area contributed by atoms with E-state index in [0.29, 0.717) is 13.1 Å². The lowest BCUT2D eigenvalue weighted by molar-refractivity contribution is 0.413. The van der Waals surface area contributed by atoms with Crippen LogP contribution >= 0.6 is 0 Å². The minimum absolute atomic E-state index is 0.0419. The van der Waals surface area contributed by atoms with E-state index in [0.717, 1.165) is 9.13 Å².